The Balaban J connectivity index is 1.17. The largest absolute Gasteiger partial charge is 0.500 e. The minimum absolute atomic E-state index is 0.0185. The summed E-state index contributed by atoms with van der Waals surface area (Å²) in [5.41, 5.74) is 3.30. The highest BCUT2D eigenvalue weighted by atomic mass is 28.4. The number of carbonyl (C=O) groups excluding carboxylic acids is 6. The van der Waals surface area contributed by atoms with E-state index in [-0.39, 0.29) is 101 Å². The van der Waals surface area contributed by atoms with Gasteiger partial charge in [-0.05, 0) is 165 Å². The number of likely N-dealkylation sites (N-methyl/N-ethyl adjacent to an activating group) is 2. The Morgan fingerprint density at radius 3 is 0.676 bits per heavy atom. The van der Waals surface area contributed by atoms with E-state index in [0.29, 0.717) is 72.9 Å². The Labute approximate surface area is 804 Å². The Hall–Kier alpha value is -10.5. The summed E-state index contributed by atoms with van der Waals surface area (Å²) < 4.78 is 101. The molecule has 0 aromatic heterocycles. The Bertz CT molecular complexity index is 5450. The zero-order valence-electron chi connectivity index (χ0n) is 83.5. The van der Waals surface area contributed by atoms with E-state index in [4.69, 9.17) is 72.1 Å². The van der Waals surface area contributed by atoms with Crippen LogP contribution in [0.15, 0.2) is 182 Å². The van der Waals surface area contributed by atoms with Crippen molar-refractivity contribution in [3.05, 3.63) is 238 Å². The van der Waals surface area contributed by atoms with Gasteiger partial charge in [-0.2, -0.15) is 0 Å². The smallest absolute Gasteiger partial charge is 0.457 e. The van der Waals surface area contributed by atoms with Gasteiger partial charge in [0.2, 0.25) is 11.8 Å². The fourth-order valence-electron chi connectivity index (χ4n) is 19.2. The number of hydrogen-bond donors (Lipinski definition) is 0. The molecule has 0 fully saturated rings. The standard InChI is InChI=1S/C106H132N4O22Si4/c1-67(2)95(101(115)107(13)65-69-33-29-27-30-34-69)109-97(111)79-61-83(129-75-45-37-71(38-46-75)103(5,6)53-57-133(117-15,118-16)119-17)89-91-85(131-77-49-41-73(42-50-77)105(9,10)55-59-135(123-21,124-22)125-23)63-81-88-82(100(114)110(99(81)113)96(68(3)4)102(116)108(14)66-70-35-31-28-32-36-70)64-86(132-78-51-43-74(44-52-78)106(11,12)56-60-136(126-24,127-25)128-26)92(94(88)91)90-84(62-80(98(109)112)87(79)93(89)90)130-76-47-39-72(40-48-76)104(7,8)54-58-134(120-18,121-19)122-20/h27-52,61-64,67-68,95-96H,53-60,65-66H2,1-26H3. The molecule has 13 rings (SSSR count). The normalized spacial score (nSPS) is 14.2. The summed E-state index contributed by atoms with van der Waals surface area (Å²) in [6.45, 7) is 24.5. The van der Waals surface area contributed by atoms with Crippen molar-refractivity contribution in [2.45, 2.75) is 180 Å². The van der Waals surface area contributed by atoms with E-state index in [1.54, 1.807) is 124 Å². The van der Waals surface area contributed by atoms with Crippen molar-refractivity contribution >= 4 is 114 Å². The van der Waals surface area contributed by atoms with Crippen LogP contribution >= 0.6 is 0 Å². The van der Waals surface area contributed by atoms with Crippen LogP contribution in [0, 0.1) is 11.8 Å². The van der Waals surface area contributed by atoms with Crippen molar-refractivity contribution in [2.24, 2.45) is 11.8 Å². The molecule has 0 bridgehead atoms. The second-order valence-electron chi connectivity index (χ2n) is 38.6. The first-order chi connectivity index (χ1) is 64.6. The van der Waals surface area contributed by atoms with Crippen LogP contribution in [0.4, 0.5) is 0 Å². The van der Waals surface area contributed by atoms with Crippen LogP contribution < -0.4 is 18.9 Å². The third-order valence-corrected chi connectivity index (χ3v) is 38.9. The molecule has 2 unspecified atom stereocenters. The van der Waals surface area contributed by atoms with Gasteiger partial charge in [0.1, 0.15) is 58.1 Å². The molecule has 0 saturated heterocycles. The van der Waals surface area contributed by atoms with Crippen LogP contribution in [0.3, 0.4) is 0 Å². The van der Waals surface area contributed by atoms with Gasteiger partial charge in [0.05, 0.1) is 22.3 Å². The fourth-order valence-corrected chi connectivity index (χ4v) is 27.3. The summed E-state index contributed by atoms with van der Waals surface area (Å²) >= 11 is 0. The topological polar surface area (TPSA) is 263 Å². The predicted octanol–water partition coefficient (Wildman–Crippen LogP) is 21.6. The van der Waals surface area contributed by atoms with Crippen molar-refractivity contribution in [1.82, 2.24) is 19.6 Å². The second kappa shape index (κ2) is 41.7. The zero-order valence-corrected chi connectivity index (χ0v) is 87.5. The molecule has 0 N–H and O–H groups in total. The lowest BCUT2D eigenvalue weighted by molar-refractivity contribution is -0.136. The Morgan fingerprint density at radius 2 is 0.493 bits per heavy atom. The molecule has 30 heteroatoms. The lowest BCUT2D eigenvalue weighted by atomic mass is 9.80. The van der Waals surface area contributed by atoms with Crippen molar-refractivity contribution < 1.29 is 101 Å². The van der Waals surface area contributed by atoms with Crippen LogP contribution in [0.1, 0.15) is 184 Å². The molecule has 11 aromatic rings. The van der Waals surface area contributed by atoms with Crippen LogP contribution in [-0.2, 0) is 97.5 Å². The molecule has 2 atom stereocenters. The molecule has 724 valence electrons. The quantitative estimate of drug-likeness (QED) is 0.0148. The maximum Gasteiger partial charge on any atom is 0.500 e. The van der Waals surface area contributed by atoms with Gasteiger partial charge in [0.25, 0.3) is 23.6 Å². The first-order valence-corrected chi connectivity index (χ1v) is 53.8. The molecule has 0 saturated carbocycles. The molecular weight excluding hydrogens is 1790 g/mol. The minimum atomic E-state index is -3.06. The third-order valence-electron chi connectivity index (χ3n) is 28.0. The van der Waals surface area contributed by atoms with Crippen molar-refractivity contribution in [3.8, 4) is 46.0 Å². The minimum Gasteiger partial charge on any atom is -0.457 e. The predicted molar refractivity (Wildman–Crippen MR) is 535 cm³/mol. The molecular formula is C106H132N4O22Si4. The van der Waals surface area contributed by atoms with E-state index < -0.39 is 116 Å². The highest BCUT2D eigenvalue weighted by Gasteiger charge is 2.51. The highest BCUT2D eigenvalue weighted by molar-refractivity contribution is 6.62. The summed E-state index contributed by atoms with van der Waals surface area (Å²) in [7, 11) is 10.2. The van der Waals surface area contributed by atoms with E-state index in [1.165, 1.54) is 9.80 Å². The van der Waals surface area contributed by atoms with Gasteiger partial charge < -0.3 is 81.9 Å². The fraction of sp³-hybridized carbons (Fsp3) is 0.415. The molecule has 0 aliphatic carbocycles. The molecule has 0 spiro atoms. The summed E-state index contributed by atoms with van der Waals surface area (Å²) in [4.78, 5) is 105. The van der Waals surface area contributed by atoms with Gasteiger partial charge in [-0.25, -0.2) is 0 Å². The number of ether oxygens (including phenoxy) is 4. The number of imide groups is 2. The van der Waals surface area contributed by atoms with Crippen molar-refractivity contribution in [1.29, 1.82) is 0 Å². The van der Waals surface area contributed by atoms with Crippen molar-refractivity contribution in [2.75, 3.05) is 99.4 Å². The maximum atomic E-state index is 17.0. The Morgan fingerprint density at radius 1 is 0.294 bits per heavy atom. The molecule has 11 aromatic carbocycles. The highest BCUT2D eigenvalue weighted by Crippen LogP contribution is 2.59. The zero-order chi connectivity index (χ0) is 98.7. The first kappa shape index (κ1) is 103. The SMILES string of the molecule is CO[Si](CCC(C)(C)c1ccc(Oc2cc3c4c(cc(Oc5ccc(C(C)(C)CC[Si](OC)(OC)OC)cc5)c5c6c(Oc7ccc(C(C)(C)CC[Si](OC)(OC)OC)cc7)cc7c8c(cc(Oc9ccc(C(C)(C)CC[Si](OC)(OC)OC)cc9)c(c2c45)c86)C(=O)N(C(C(=O)N(C)Cc2ccccc2)C(C)C)C7=O)C(=O)N(C(C(=O)N(C)Cc2ccccc2)C(C)C)C3=O)cc1)(OC)OC. The molecule has 136 heavy (non-hydrogen) atoms. The number of amides is 6. The maximum absolute atomic E-state index is 17.0. The van der Waals surface area contributed by atoms with Crippen LogP contribution in [-0.4, -0.2) is 202 Å². The van der Waals surface area contributed by atoms with E-state index in [9.17, 15) is 0 Å². The molecule has 6 amide bonds. The molecule has 26 nitrogen and oxygen atoms in total. The number of benzene rings is 11. The van der Waals surface area contributed by atoms with Crippen LogP contribution in [0.25, 0.3) is 43.1 Å². The van der Waals surface area contributed by atoms with E-state index in [1.807, 2.05) is 185 Å². The van der Waals surface area contributed by atoms with Crippen molar-refractivity contribution in [3.63, 3.8) is 0 Å². The molecule has 2 aliphatic rings. The number of fused-ring (bicyclic) bond motifs is 2. The average Bonchev–Trinajstić information content (AvgIpc) is 0.668. The van der Waals surface area contributed by atoms with Gasteiger partial charge in [-0.1, -0.05) is 192 Å². The van der Waals surface area contributed by atoms with Crippen LogP contribution in [0.5, 0.6) is 46.0 Å². The number of carbonyl (C=O) groups is 6. The average molecular weight is 1930 g/mol. The molecule has 2 heterocycles. The second-order valence-corrected chi connectivity index (χ2v) is 51.0. The van der Waals surface area contributed by atoms with Gasteiger partial charge >= 0.3 is 35.2 Å². The van der Waals surface area contributed by atoms with E-state index in [2.05, 4.69) is 55.4 Å². The lowest BCUT2D eigenvalue weighted by Gasteiger charge is -2.38. The molecule has 0 radical (unpaired) electrons. The van der Waals surface area contributed by atoms with Gasteiger partial charge in [-0.15, -0.1) is 0 Å². The first-order valence-electron chi connectivity index (χ1n) is 46.1. The lowest BCUT2D eigenvalue weighted by Crippen LogP contribution is -2.56. The molecule has 2 aliphatic heterocycles. The van der Waals surface area contributed by atoms with E-state index in [0.717, 1.165) is 43.2 Å². The third kappa shape index (κ3) is 20.4. The number of rotatable bonds is 46. The monoisotopic (exact) mass is 1920 g/mol. The number of nitrogens with zero attached hydrogens (tertiary/aromatic N) is 4. The van der Waals surface area contributed by atoms with E-state index >= 15 is 28.8 Å². The van der Waals surface area contributed by atoms with Crippen LogP contribution in [0.2, 0.25) is 24.2 Å². The summed E-state index contributed by atoms with van der Waals surface area (Å²) in [5, 5.41) is 1.74. The summed E-state index contributed by atoms with van der Waals surface area (Å²) in [6.07, 6.45) is 2.39. The summed E-state index contributed by atoms with van der Waals surface area (Å²) in [5.74, 6) is -4.17. The van der Waals surface area contributed by atoms with Gasteiger partial charge in [-0.3, -0.25) is 38.6 Å². The summed E-state index contributed by atoms with van der Waals surface area (Å²) in [6, 6.07) is 55.2. The van der Waals surface area contributed by atoms with Gasteiger partial charge in [0.15, 0.2) is 0 Å². The Kier molecular flexibility index (Phi) is 31.5. The van der Waals surface area contributed by atoms with Gasteiger partial charge in [0, 0.05) is 180 Å². The number of hydrogen-bond acceptors (Lipinski definition) is 22.